The number of nitrogens with one attached hydrogen (secondary N) is 2. The number of aryl methyl sites for hydroxylation is 1. The Bertz CT molecular complexity index is 960. The molecule has 1 aromatic carbocycles. The predicted octanol–water partition coefficient (Wildman–Crippen LogP) is 2.17. The fourth-order valence-electron chi connectivity index (χ4n) is 3.87. The zero-order valence-electron chi connectivity index (χ0n) is 16.4. The van der Waals surface area contributed by atoms with Crippen molar-refractivity contribution in [3.63, 3.8) is 0 Å². The number of hydrogen-bond acceptors (Lipinski definition) is 8. The predicted molar refractivity (Wildman–Crippen MR) is 107 cm³/mol. The van der Waals surface area contributed by atoms with E-state index in [2.05, 4.69) is 20.6 Å². The molecule has 1 fully saturated rings. The number of ether oxygens (including phenoxy) is 3. The third-order valence-electron chi connectivity index (χ3n) is 5.48. The highest BCUT2D eigenvalue weighted by Crippen LogP contribution is 2.37. The van der Waals surface area contributed by atoms with Crippen LogP contribution in [0.1, 0.15) is 18.5 Å². The second-order valence-electron chi connectivity index (χ2n) is 7.74. The average Bonchev–Trinajstić information content (AvgIpc) is 3.12. The van der Waals surface area contributed by atoms with E-state index in [-0.39, 0.29) is 12.7 Å². The number of carbonyl (C=O) groups excluding carboxylic acids is 1. The molecule has 152 valence electrons. The monoisotopic (exact) mass is 397 g/mol. The first-order valence-electron chi connectivity index (χ1n) is 9.74. The van der Waals surface area contributed by atoms with E-state index in [9.17, 15) is 4.79 Å². The van der Waals surface area contributed by atoms with E-state index in [1.165, 1.54) is 0 Å². The normalized spacial score (nSPS) is 21.9. The van der Waals surface area contributed by atoms with Crippen LogP contribution >= 0.6 is 0 Å². The molecule has 0 saturated heterocycles. The van der Waals surface area contributed by atoms with Gasteiger partial charge in [-0.3, -0.25) is 4.79 Å². The van der Waals surface area contributed by atoms with E-state index in [1.54, 1.807) is 0 Å². The topological polar surface area (TPSA) is 97.8 Å². The van der Waals surface area contributed by atoms with E-state index in [0.717, 1.165) is 41.6 Å². The van der Waals surface area contributed by atoms with Crippen molar-refractivity contribution in [3.8, 4) is 17.2 Å². The van der Waals surface area contributed by atoms with E-state index >= 15 is 0 Å². The maximum atomic E-state index is 11.7. The molecule has 0 radical (unpaired) electrons. The lowest BCUT2D eigenvalue weighted by atomic mass is 9.81. The Hall–Kier alpha value is -3.23. The minimum Gasteiger partial charge on any atom is -0.493 e. The van der Waals surface area contributed by atoms with Crippen molar-refractivity contribution in [2.75, 3.05) is 42.5 Å². The summed E-state index contributed by atoms with van der Waals surface area (Å²) in [6.07, 6.45) is 1.99. The van der Waals surface area contributed by atoms with Crippen LogP contribution in [-0.2, 0) is 4.79 Å². The first kappa shape index (κ1) is 17.8. The van der Waals surface area contributed by atoms with Crippen molar-refractivity contribution in [1.82, 2.24) is 9.97 Å². The van der Waals surface area contributed by atoms with Gasteiger partial charge < -0.3 is 29.7 Å². The van der Waals surface area contributed by atoms with Gasteiger partial charge in [0.1, 0.15) is 11.4 Å². The highest BCUT2D eigenvalue weighted by molar-refractivity contribution is 6.00. The van der Waals surface area contributed by atoms with Gasteiger partial charge in [-0.05, 0) is 37.8 Å². The Kier molecular flexibility index (Phi) is 4.30. The van der Waals surface area contributed by atoms with Crippen LogP contribution in [0.5, 0.6) is 17.2 Å². The summed E-state index contributed by atoms with van der Waals surface area (Å²) in [6.45, 7) is 3.11. The molecule has 3 heterocycles. The SMILES string of the molecule is Cc1nc(NC2CC(COc3ccc4c(c3)OCO4)C2)nc2c1NC(=O)CN2C. The number of benzene rings is 1. The quantitative estimate of drug-likeness (QED) is 0.792. The van der Waals surface area contributed by atoms with Crippen molar-refractivity contribution >= 4 is 23.4 Å². The summed E-state index contributed by atoms with van der Waals surface area (Å²) < 4.78 is 16.6. The van der Waals surface area contributed by atoms with Crippen molar-refractivity contribution in [3.05, 3.63) is 23.9 Å². The molecule has 2 N–H and O–H groups in total. The van der Waals surface area contributed by atoms with Crippen LogP contribution < -0.4 is 29.7 Å². The minimum absolute atomic E-state index is 0.0447. The molecule has 0 unspecified atom stereocenters. The summed E-state index contributed by atoms with van der Waals surface area (Å²) in [5, 5.41) is 6.26. The molecule has 29 heavy (non-hydrogen) atoms. The number of rotatable bonds is 5. The molecule has 0 spiro atoms. The van der Waals surface area contributed by atoms with Crippen molar-refractivity contribution in [2.45, 2.75) is 25.8 Å². The Morgan fingerprint density at radius 2 is 2.10 bits per heavy atom. The van der Waals surface area contributed by atoms with Gasteiger partial charge in [-0.2, -0.15) is 4.98 Å². The molecule has 2 aromatic rings. The van der Waals surface area contributed by atoms with Crippen LogP contribution in [0.3, 0.4) is 0 Å². The second-order valence-corrected chi connectivity index (χ2v) is 7.74. The highest BCUT2D eigenvalue weighted by atomic mass is 16.7. The zero-order chi connectivity index (χ0) is 20.0. The van der Waals surface area contributed by atoms with Gasteiger partial charge in [0.2, 0.25) is 18.6 Å². The molecule has 1 saturated carbocycles. The number of carbonyl (C=O) groups is 1. The van der Waals surface area contributed by atoms with E-state index in [1.807, 2.05) is 37.1 Å². The Morgan fingerprint density at radius 1 is 1.28 bits per heavy atom. The first-order chi connectivity index (χ1) is 14.0. The fourth-order valence-corrected chi connectivity index (χ4v) is 3.87. The molecule has 1 aromatic heterocycles. The van der Waals surface area contributed by atoms with Crippen molar-refractivity contribution in [1.29, 1.82) is 0 Å². The number of fused-ring (bicyclic) bond motifs is 2. The smallest absolute Gasteiger partial charge is 0.244 e. The van der Waals surface area contributed by atoms with Gasteiger partial charge in [0, 0.05) is 19.2 Å². The molecular formula is C20H23N5O4. The van der Waals surface area contributed by atoms with Gasteiger partial charge in [0.25, 0.3) is 0 Å². The van der Waals surface area contributed by atoms with Crippen LogP contribution in [0.15, 0.2) is 18.2 Å². The Labute approximate surface area is 168 Å². The number of anilines is 3. The number of likely N-dealkylation sites (N-methyl/N-ethyl adjacent to an activating group) is 1. The molecule has 9 heteroatoms. The number of aromatic nitrogens is 2. The minimum atomic E-state index is -0.0447. The maximum absolute atomic E-state index is 11.7. The number of hydrogen-bond donors (Lipinski definition) is 2. The summed E-state index contributed by atoms with van der Waals surface area (Å²) in [4.78, 5) is 22.7. The summed E-state index contributed by atoms with van der Waals surface area (Å²) >= 11 is 0. The molecule has 1 aliphatic carbocycles. The molecular weight excluding hydrogens is 374 g/mol. The second kappa shape index (κ2) is 6.98. The summed E-state index contributed by atoms with van der Waals surface area (Å²) in [5.41, 5.74) is 1.46. The molecule has 5 rings (SSSR count). The lowest BCUT2D eigenvalue weighted by molar-refractivity contribution is -0.115. The molecule has 2 aliphatic heterocycles. The third kappa shape index (κ3) is 3.48. The van der Waals surface area contributed by atoms with Gasteiger partial charge in [-0.1, -0.05) is 0 Å². The Morgan fingerprint density at radius 3 is 2.97 bits per heavy atom. The van der Waals surface area contributed by atoms with Gasteiger partial charge in [0.15, 0.2) is 17.3 Å². The lowest BCUT2D eigenvalue weighted by Crippen LogP contribution is -2.40. The van der Waals surface area contributed by atoms with Crippen LogP contribution in [0.2, 0.25) is 0 Å². The zero-order valence-corrected chi connectivity index (χ0v) is 16.4. The van der Waals surface area contributed by atoms with E-state index in [4.69, 9.17) is 14.2 Å². The average molecular weight is 397 g/mol. The van der Waals surface area contributed by atoms with Gasteiger partial charge >= 0.3 is 0 Å². The molecule has 1 amide bonds. The summed E-state index contributed by atoms with van der Waals surface area (Å²) in [6, 6.07) is 5.97. The molecule has 0 atom stereocenters. The lowest BCUT2D eigenvalue weighted by Gasteiger charge is -2.36. The summed E-state index contributed by atoms with van der Waals surface area (Å²) in [5.74, 6) is 4.08. The van der Waals surface area contributed by atoms with Crippen LogP contribution in [0.4, 0.5) is 17.5 Å². The van der Waals surface area contributed by atoms with Gasteiger partial charge in [-0.15, -0.1) is 0 Å². The van der Waals surface area contributed by atoms with Crippen LogP contribution in [-0.4, -0.2) is 48.9 Å². The fraction of sp³-hybridized carbons (Fsp3) is 0.450. The molecule has 3 aliphatic rings. The third-order valence-corrected chi connectivity index (χ3v) is 5.48. The number of amides is 1. The Balaban J connectivity index is 1.15. The maximum Gasteiger partial charge on any atom is 0.244 e. The van der Waals surface area contributed by atoms with Crippen molar-refractivity contribution < 1.29 is 19.0 Å². The van der Waals surface area contributed by atoms with Crippen LogP contribution in [0, 0.1) is 12.8 Å². The largest absolute Gasteiger partial charge is 0.493 e. The van der Waals surface area contributed by atoms with Crippen LogP contribution in [0.25, 0.3) is 0 Å². The summed E-state index contributed by atoms with van der Waals surface area (Å²) in [7, 11) is 1.86. The highest BCUT2D eigenvalue weighted by Gasteiger charge is 2.31. The van der Waals surface area contributed by atoms with Gasteiger partial charge in [-0.25, -0.2) is 4.98 Å². The molecule has 0 bridgehead atoms. The first-order valence-corrected chi connectivity index (χ1v) is 9.74. The molecule has 9 nitrogen and oxygen atoms in total. The van der Waals surface area contributed by atoms with E-state index in [0.29, 0.717) is 36.7 Å². The van der Waals surface area contributed by atoms with Gasteiger partial charge in [0.05, 0.1) is 18.8 Å². The standard InChI is InChI=1S/C20H23N5O4/c1-11-18-19(25(2)8-17(26)23-18)24-20(21-11)22-13-5-12(6-13)9-27-14-3-4-15-16(7-14)29-10-28-15/h3-4,7,12-13H,5-6,8-10H2,1-2H3,(H,23,26)(H,21,22,24). The van der Waals surface area contributed by atoms with Crippen molar-refractivity contribution in [2.24, 2.45) is 5.92 Å². The van der Waals surface area contributed by atoms with E-state index < -0.39 is 0 Å². The number of nitrogens with zero attached hydrogens (tertiary/aromatic N) is 3.